The lowest BCUT2D eigenvalue weighted by Gasteiger charge is -2.10. The third-order valence-corrected chi connectivity index (χ3v) is 2.11. The Morgan fingerprint density at radius 3 is 2.57 bits per heavy atom. The maximum atomic E-state index is 11.8. The number of hydrogen-bond acceptors (Lipinski definition) is 3. The average molecular weight is 319 g/mol. The lowest BCUT2D eigenvalue weighted by atomic mass is 10.3. The van der Waals surface area contributed by atoms with Crippen molar-refractivity contribution in [2.45, 2.75) is 13.3 Å². The molecular formula is C7H5F3INO2. The van der Waals surface area contributed by atoms with Gasteiger partial charge in [-0.15, -0.1) is 13.2 Å². The zero-order valence-corrected chi connectivity index (χ0v) is 9.05. The van der Waals surface area contributed by atoms with Gasteiger partial charge < -0.3 is 9.84 Å². The minimum Gasteiger partial charge on any atom is -0.506 e. The molecule has 1 rings (SSSR count). The van der Waals surface area contributed by atoms with Crippen molar-refractivity contribution in [3.05, 3.63) is 15.5 Å². The molecule has 0 saturated heterocycles. The summed E-state index contributed by atoms with van der Waals surface area (Å²) in [6, 6.07) is 0.887. The van der Waals surface area contributed by atoms with Crippen LogP contribution in [-0.2, 0) is 0 Å². The van der Waals surface area contributed by atoms with Gasteiger partial charge in [-0.1, -0.05) is 0 Å². The Hall–Kier alpha value is -0.730. The number of aromatic nitrogens is 1. The highest BCUT2D eigenvalue weighted by Crippen LogP contribution is 2.30. The maximum Gasteiger partial charge on any atom is 0.573 e. The van der Waals surface area contributed by atoms with Gasteiger partial charge >= 0.3 is 6.36 Å². The van der Waals surface area contributed by atoms with Crippen molar-refractivity contribution in [3.8, 4) is 11.5 Å². The van der Waals surface area contributed by atoms with Crippen molar-refractivity contribution in [2.24, 2.45) is 0 Å². The van der Waals surface area contributed by atoms with Gasteiger partial charge in [-0.25, -0.2) is 4.98 Å². The fraction of sp³-hybridized carbons (Fsp3) is 0.286. The van der Waals surface area contributed by atoms with Crippen LogP contribution < -0.4 is 4.74 Å². The normalized spacial score (nSPS) is 11.5. The first-order valence-corrected chi connectivity index (χ1v) is 4.49. The van der Waals surface area contributed by atoms with Crippen LogP contribution in [0.15, 0.2) is 6.07 Å². The van der Waals surface area contributed by atoms with Crippen LogP contribution in [-0.4, -0.2) is 16.5 Å². The molecule has 7 heteroatoms. The second-order valence-corrected chi connectivity index (χ2v) is 3.45. The van der Waals surface area contributed by atoms with Crippen molar-refractivity contribution in [1.29, 1.82) is 0 Å². The Bertz CT molecular complexity index is 354. The van der Waals surface area contributed by atoms with Crippen molar-refractivity contribution < 1.29 is 23.0 Å². The fourth-order valence-corrected chi connectivity index (χ4v) is 1.37. The maximum absolute atomic E-state index is 11.8. The summed E-state index contributed by atoms with van der Waals surface area (Å²) < 4.78 is 39.1. The smallest absolute Gasteiger partial charge is 0.506 e. The molecule has 78 valence electrons. The molecule has 0 aliphatic carbocycles. The highest BCUT2D eigenvalue weighted by molar-refractivity contribution is 14.1. The number of alkyl halides is 3. The van der Waals surface area contributed by atoms with Crippen LogP contribution in [0.2, 0.25) is 0 Å². The van der Waals surface area contributed by atoms with Gasteiger partial charge in [-0.3, -0.25) is 0 Å². The van der Waals surface area contributed by atoms with Crippen molar-refractivity contribution >= 4 is 22.6 Å². The largest absolute Gasteiger partial charge is 0.573 e. The van der Waals surface area contributed by atoms with E-state index in [1.54, 1.807) is 22.6 Å². The monoisotopic (exact) mass is 319 g/mol. The summed E-state index contributed by atoms with van der Waals surface area (Å²) in [5.74, 6) is -0.828. The predicted octanol–water partition coefficient (Wildman–Crippen LogP) is 2.60. The summed E-state index contributed by atoms with van der Waals surface area (Å²) in [5.41, 5.74) is 0.254. The molecule has 0 unspecified atom stereocenters. The lowest BCUT2D eigenvalue weighted by molar-refractivity contribution is -0.275. The molecule has 14 heavy (non-hydrogen) atoms. The van der Waals surface area contributed by atoms with Crippen LogP contribution in [0.25, 0.3) is 0 Å². The Morgan fingerprint density at radius 1 is 1.50 bits per heavy atom. The summed E-state index contributed by atoms with van der Waals surface area (Å²) in [5, 5.41) is 9.11. The number of rotatable bonds is 1. The minimum atomic E-state index is -4.77. The molecule has 0 aliphatic heterocycles. The zero-order chi connectivity index (χ0) is 10.9. The summed E-state index contributed by atoms with van der Waals surface area (Å²) >= 11 is 1.60. The fourth-order valence-electron chi connectivity index (χ4n) is 0.744. The van der Waals surface area contributed by atoms with Crippen molar-refractivity contribution in [2.75, 3.05) is 0 Å². The Labute approximate surface area is 91.0 Å². The molecule has 1 heterocycles. The first-order valence-electron chi connectivity index (χ1n) is 3.41. The standard InChI is InChI=1S/C7H5F3INO2/c1-3-4(13)2-5(6(11)12-3)14-7(8,9)10/h2,13H,1H3. The molecular weight excluding hydrogens is 314 g/mol. The first kappa shape index (κ1) is 11.3. The highest BCUT2D eigenvalue weighted by Gasteiger charge is 2.32. The van der Waals surface area contributed by atoms with Gasteiger partial charge in [0.2, 0.25) is 0 Å². The molecule has 0 aliphatic rings. The summed E-state index contributed by atoms with van der Waals surface area (Å²) in [7, 11) is 0. The number of ether oxygens (including phenoxy) is 1. The molecule has 0 atom stereocenters. The second kappa shape index (κ2) is 3.79. The Balaban J connectivity index is 3.04. The van der Waals surface area contributed by atoms with Crippen molar-refractivity contribution in [1.82, 2.24) is 4.98 Å². The molecule has 0 fully saturated rings. The molecule has 0 bridgehead atoms. The zero-order valence-electron chi connectivity index (χ0n) is 6.89. The van der Waals surface area contributed by atoms with Gasteiger partial charge in [0.05, 0.1) is 5.69 Å². The highest BCUT2D eigenvalue weighted by atomic mass is 127. The SMILES string of the molecule is Cc1nc(I)c(OC(F)(F)F)cc1O. The number of pyridine rings is 1. The molecule has 1 aromatic heterocycles. The van der Waals surface area contributed by atoms with E-state index >= 15 is 0 Å². The van der Waals surface area contributed by atoms with E-state index in [1.165, 1.54) is 6.92 Å². The molecule has 0 aromatic carbocycles. The average Bonchev–Trinajstić information content (AvgIpc) is 1.97. The molecule has 0 saturated carbocycles. The molecule has 0 amide bonds. The number of aryl methyl sites for hydroxylation is 1. The molecule has 0 spiro atoms. The van der Waals surface area contributed by atoms with E-state index < -0.39 is 12.1 Å². The number of hydrogen-bond donors (Lipinski definition) is 1. The molecule has 3 nitrogen and oxygen atoms in total. The van der Waals surface area contributed by atoms with E-state index in [-0.39, 0.29) is 15.1 Å². The lowest BCUT2D eigenvalue weighted by Crippen LogP contribution is -2.18. The number of aromatic hydroxyl groups is 1. The van der Waals surface area contributed by atoms with Gasteiger partial charge in [0.25, 0.3) is 0 Å². The topological polar surface area (TPSA) is 42.4 Å². The molecule has 0 radical (unpaired) electrons. The van der Waals surface area contributed by atoms with Crippen LogP contribution in [0.1, 0.15) is 5.69 Å². The first-order chi connectivity index (χ1) is 6.29. The van der Waals surface area contributed by atoms with E-state index in [4.69, 9.17) is 5.11 Å². The summed E-state index contributed by atoms with van der Waals surface area (Å²) in [6.07, 6.45) is -4.77. The van der Waals surface area contributed by atoms with Gasteiger partial charge in [0.15, 0.2) is 5.75 Å². The van der Waals surface area contributed by atoms with E-state index in [2.05, 4.69) is 9.72 Å². The van der Waals surface area contributed by atoms with Gasteiger partial charge in [-0.2, -0.15) is 0 Å². The quantitative estimate of drug-likeness (QED) is 0.639. The van der Waals surface area contributed by atoms with Crippen LogP contribution in [0.5, 0.6) is 11.5 Å². The molecule has 1 aromatic rings. The Morgan fingerprint density at radius 2 is 2.07 bits per heavy atom. The Kier molecular flexibility index (Phi) is 3.07. The van der Waals surface area contributed by atoms with E-state index in [0.717, 1.165) is 6.07 Å². The summed E-state index contributed by atoms with van der Waals surface area (Å²) in [6.45, 7) is 1.48. The van der Waals surface area contributed by atoms with Crippen LogP contribution in [0, 0.1) is 10.6 Å². The van der Waals surface area contributed by atoms with Gasteiger partial charge in [-0.05, 0) is 29.5 Å². The third kappa shape index (κ3) is 2.89. The third-order valence-electron chi connectivity index (χ3n) is 1.33. The molecule has 1 N–H and O–H groups in total. The van der Waals surface area contributed by atoms with E-state index in [9.17, 15) is 13.2 Å². The number of halogens is 4. The van der Waals surface area contributed by atoms with Crippen LogP contribution >= 0.6 is 22.6 Å². The van der Waals surface area contributed by atoms with Crippen molar-refractivity contribution in [3.63, 3.8) is 0 Å². The van der Waals surface area contributed by atoms with E-state index in [1.807, 2.05) is 0 Å². The second-order valence-electron chi connectivity index (χ2n) is 2.43. The van der Waals surface area contributed by atoms with Gasteiger partial charge in [0.1, 0.15) is 9.45 Å². The van der Waals surface area contributed by atoms with Gasteiger partial charge in [0, 0.05) is 6.07 Å². The van der Waals surface area contributed by atoms with E-state index in [0.29, 0.717) is 0 Å². The minimum absolute atomic E-state index is 0.0511. The number of nitrogens with zero attached hydrogens (tertiary/aromatic N) is 1. The van der Waals surface area contributed by atoms with Crippen LogP contribution in [0.3, 0.4) is 0 Å². The van der Waals surface area contributed by atoms with Crippen LogP contribution in [0.4, 0.5) is 13.2 Å². The summed E-state index contributed by atoms with van der Waals surface area (Å²) in [4.78, 5) is 3.67. The predicted molar refractivity (Wildman–Crippen MR) is 50.0 cm³/mol.